The minimum Gasteiger partial charge on any atom is -0.462 e. The highest BCUT2D eigenvalue weighted by molar-refractivity contribution is 7.47. The highest BCUT2D eigenvalue weighted by Crippen LogP contribution is 2.43. The molecule has 0 aliphatic carbocycles. The molecule has 0 amide bonds. The van der Waals surface area contributed by atoms with Gasteiger partial charge in [-0.1, -0.05) is 185 Å². The number of allylic oxidation sites excluding steroid dienone is 6. The summed E-state index contributed by atoms with van der Waals surface area (Å²) in [5, 5.41) is 0. The van der Waals surface area contributed by atoms with Gasteiger partial charge in [-0.25, -0.2) is 4.57 Å². The molecule has 0 saturated heterocycles. The SMILES string of the molecule is CC/C=C\C/C=C\C/C=C\CCCCCCCC(=O)OCC(COP(=O)(O)OCCN(C)C)OC(=O)CCCCCCCCCCCCCCCCCCCCC. The summed E-state index contributed by atoms with van der Waals surface area (Å²) in [6.45, 7) is 4.22. The number of hydrogen-bond donors (Lipinski definition) is 1. The fraction of sp³-hybridized carbons (Fsp3) is 0.830. The van der Waals surface area contributed by atoms with Gasteiger partial charge in [-0.05, 0) is 59.0 Å². The summed E-state index contributed by atoms with van der Waals surface area (Å²) in [4.78, 5) is 37.1. The van der Waals surface area contributed by atoms with Gasteiger partial charge in [0, 0.05) is 19.4 Å². The topological polar surface area (TPSA) is 112 Å². The Morgan fingerprint density at radius 2 is 1.00 bits per heavy atom. The van der Waals surface area contributed by atoms with Crippen molar-refractivity contribution in [3.8, 4) is 0 Å². The Morgan fingerprint density at radius 1 is 0.561 bits per heavy atom. The van der Waals surface area contributed by atoms with Crippen LogP contribution >= 0.6 is 7.82 Å². The van der Waals surface area contributed by atoms with Crippen molar-refractivity contribution in [2.24, 2.45) is 0 Å². The molecule has 0 saturated carbocycles. The number of rotatable bonds is 43. The minimum absolute atomic E-state index is 0.00530. The first kappa shape index (κ1) is 55.2. The molecule has 1 N–H and O–H groups in total. The van der Waals surface area contributed by atoms with Gasteiger partial charge in [0.1, 0.15) is 6.61 Å². The molecule has 0 heterocycles. The zero-order valence-corrected chi connectivity index (χ0v) is 38.2. The van der Waals surface area contributed by atoms with Gasteiger partial charge in [0.2, 0.25) is 0 Å². The van der Waals surface area contributed by atoms with Crippen molar-refractivity contribution in [3.63, 3.8) is 0 Å². The van der Waals surface area contributed by atoms with Crippen LogP contribution in [0.4, 0.5) is 0 Å². The molecule has 57 heavy (non-hydrogen) atoms. The van der Waals surface area contributed by atoms with E-state index < -0.39 is 26.5 Å². The molecule has 0 aromatic rings. The highest BCUT2D eigenvalue weighted by Gasteiger charge is 2.26. The molecule has 2 atom stereocenters. The lowest BCUT2D eigenvalue weighted by molar-refractivity contribution is -0.161. The zero-order chi connectivity index (χ0) is 41.9. The Hall–Kier alpha value is -1.77. The summed E-state index contributed by atoms with van der Waals surface area (Å²) in [6.07, 6.45) is 46.2. The van der Waals surface area contributed by atoms with Crippen LogP contribution in [0.25, 0.3) is 0 Å². The Balaban J connectivity index is 4.23. The molecule has 0 bridgehead atoms. The summed E-state index contributed by atoms with van der Waals surface area (Å²) in [6, 6.07) is 0. The van der Waals surface area contributed by atoms with Gasteiger partial charge in [0.05, 0.1) is 13.2 Å². The molecule has 9 nitrogen and oxygen atoms in total. The van der Waals surface area contributed by atoms with Crippen molar-refractivity contribution in [2.45, 2.75) is 213 Å². The molecular weight excluding hydrogens is 737 g/mol. The quantitative estimate of drug-likeness (QED) is 0.0278. The maximum absolute atomic E-state index is 12.7. The number of phosphoric ester groups is 1. The van der Waals surface area contributed by atoms with Gasteiger partial charge in [-0.3, -0.25) is 18.6 Å². The fourth-order valence-electron chi connectivity index (χ4n) is 6.41. The Bertz CT molecular complexity index is 1050. The van der Waals surface area contributed by atoms with E-state index in [2.05, 4.69) is 50.3 Å². The van der Waals surface area contributed by atoms with Gasteiger partial charge >= 0.3 is 19.8 Å². The minimum atomic E-state index is -4.37. The van der Waals surface area contributed by atoms with Gasteiger partial charge < -0.3 is 19.3 Å². The third-order valence-corrected chi connectivity index (χ3v) is 10.9. The predicted octanol–water partition coefficient (Wildman–Crippen LogP) is 13.5. The number of esters is 2. The number of phosphoric acid groups is 1. The lowest BCUT2D eigenvalue weighted by atomic mass is 10.0. The molecule has 0 fully saturated rings. The van der Waals surface area contributed by atoms with Crippen LogP contribution in [0.5, 0.6) is 0 Å². The predicted molar refractivity (Wildman–Crippen MR) is 238 cm³/mol. The number of carbonyl (C=O) groups is 2. The third kappa shape index (κ3) is 43.6. The van der Waals surface area contributed by atoms with E-state index in [-0.39, 0.29) is 32.0 Å². The maximum atomic E-state index is 12.7. The monoisotopic (exact) mass is 826 g/mol. The standard InChI is InChI=1S/C47H88NO8P/c1-5-7-9-11-13-15-17-19-21-22-23-24-26-28-30-32-34-36-38-40-47(50)56-45(44-55-57(51,52)54-42-41-48(3)4)43-53-46(49)39-37-35-33-31-29-27-25-20-18-16-14-12-10-8-6-2/h8,10,14,16,20,25,45H,5-7,9,11-13,15,17-19,21-24,26-44H2,1-4H3,(H,51,52)/b10-8-,16-14-,25-20-. The van der Waals surface area contributed by atoms with E-state index in [0.29, 0.717) is 13.0 Å². The summed E-state index contributed by atoms with van der Waals surface area (Å²) in [7, 11) is -0.716. The normalized spacial score (nSPS) is 13.6. The first-order chi connectivity index (χ1) is 27.7. The third-order valence-electron chi connectivity index (χ3n) is 9.96. The summed E-state index contributed by atoms with van der Waals surface area (Å²) in [5.74, 6) is -0.815. The largest absolute Gasteiger partial charge is 0.472 e. The molecule has 10 heteroatoms. The van der Waals surface area contributed by atoms with Crippen molar-refractivity contribution in [2.75, 3.05) is 40.5 Å². The number of likely N-dealkylation sites (N-methyl/N-ethyl adjacent to an activating group) is 1. The summed E-state index contributed by atoms with van der Waals surface area (Å²) in [5.41, 5.74) is 0. The Morgan fingerprint density at radius 3 is 1.49 bits per heavy atom. The van der Waals surface area contributed by atoms with Crippen LogP contribution in [0, 0.1) is 0 Å². The van der Waals surface area contributed by atoms with Crippen LogP contribution < -0.4 is 0 Å². The van der Waals surface area contributed by atoms with E-state index in [4.69, 9.17) is 18.5 Å². The molecule has 0 spiro atoms. The fourth-order valence-corrected chi connectivity index (χ4v) is 7.15. The van der Waals surface area contributed by atoms with Crippen molar-refractivity contribution >= 4 is 19.8 Å². The van der Waals surface area contributed by atoms with E-state index in [1.807, 2.05) is 19.0 Å². The van der Waals surface area contributed by atoms with Gasteiger partial charge in [0.15, 0.2) is 6.10 Å². The van der Waals surface area contributed by atoms with Crippen molar-refractivity contribution in [1.29, 1.82) is 0 Å². The van der Waals surface area contributed by atoms with Crippen LogP contribution in [-0.4, -0.2) is 68.3 Å². The second kappa shape index (κ2) is 42.4. The van der Waals surface area contributed by atoms with Crippen LogP contribution in [0.2, 0.25) is 0 Å². The van der Waals surface area contributed by atoms with Crippen molar-refractivity contribution in [1.82, 2.24) is 4.90 Å². The van der Waals surface area contributed by atoms with E-state index in [0.717, 1.165) is 70.6 Å². The first-order valence-corrected chi connectivity index (χ1v) is 24.8. The molecule has 2 unspecified atom stereocenters. The van der Waals surface area contributed by atoms with E-state index in [9.17, 15) is 19.0 Å². The van der Waals surface area contributed by atoms with Crippen molar-refractivity contribution < 1.29 is 37.6 Å². The average Bonchev–Trinajstić information content (AvgIpc) is 3.18. The van der Waals surface area contributed by atoms with Gasteiger partial charge in [0.25, 0.3) is 0 Å². The zero-order valence-electron chi connectivity index (χ0n) is 37.3. The molecule has 0 radical (unpaired) electrons. The smallest absolute Gasteiger partial charge is 0.462 e. The molecule has 0 aromatic carbocycles. The highest BCUT2D eigenvalue weighted by atomic mass is 31.2. The lowest BCUT2D eigenvalue weighted by Crippen LogP contribution is -2.29. The molecule has 0 aliphatic rings. The van der Waals surface area contributed by atoms with Crippen LogP contribution in [0.1, 0.15) is 206 Å². The number of unbranched alkanes of at least 4 members (excludes halogenated alkanes) is 23. The maximum Gasteiger partial charge on any atom is 0.472 e. The van der Waals surface area contributed by atoms with Crippen LogP contribution in [0.3, 0.4) is 0 Å². The molecule has 0 rings (SSSR count). The number of carbonyl (C=O) groups excluding carboxylic acids is 2. The summed E-state index contributed by atoms with van der Waals surface area (Å²) >= 11 is 0. The molecule has 0 aliphatic heterocycles. The lowest BCUT2D eigenvalue weighted by Gasteiger charge is -2.20. The number of nitrogens with zero attached hydrogens (tertiary/aromatic N) is 1. The Kier molecular flexibility index (Phi) is 41.0. The second-order valence-corrected chi connectivity index (χ2v) is 17.4. The molecule has 0 aromatic heterocycles. The van der Waals surface area contributed by atoms with Gasteiger partial charge in [-0.2, -0.15) is 0 Å². The van der Waals surface area contributed by atoms with E-state index in [1.165, 1.54) is 103 Å². The van der Waals surface area contributed by atoms with Crippen LogP contribution in [0.15, 0.2) is 36.5 Å². The second-order valence-electron chi connectivity index (χ2n) is 15.9. The van der Waals surface area contributed by atoms with Crippen molar-refractivity contribution in [3.05, 3.63) is 36.5 Å². The molecule has 334 valence electrons. The first-order valence-electron chi connectivity index (χ1n) is 23.3. The average molecular weight is 826 g/mol. The van der Waals surface area contributed by atoms with E-state index >= 15 is 0 Å². The van der Waals surface area contributed by atoms with Gasteiger partial charge in [-0.15, -0.1) is 0 Å². The number of hydrogen-bond acceptors (Lipinski definition) is 8. The number of ether oxygens (including phenoxy) is 2. The Labute approximate surface area is 350 Å². The molecular formula is C47H88NO8P. The van der Waals surface area contributed by atoms with Crippen LogP contribution in [-0.2, 0) is 32.7 Å². The van der Waals surface area contributed by atoms with E-state index in [1.54, 1.807) is 0 Å². The summed E-state index contributed by atoms with van der Waals surface area (Å²) < 4.78 is 33.5.